The fourth-order valence-electron chi connectivity index (χ4n) is 9.37. The van der Waals surface area contributed by atoms with E-state index in [0.29, 0.717) is 80.6 Å². The molecule has 3 aromatic carbocycles. The van der Waals surface area contributed by atoms with Crippen LogP contribution in [0.5, 0.6) is 23.0 Å². The standard InChI is InChI=1S/C65H71N3O21S/c1-7-53(69)82-38-41(5)85-58(74)30-29-56(72)80-34-32-43-11-23-49(24-12-43)87-63(76)45-15-19-47(20-16-45)65(78)89-52-26-25-51(59-60(52)90-61(68-59)50(35-66)67-6)88-64(77)46-17-13-44(14-18-46)62(75)86-48-21-9-42(10-22-48)31-33-79-55(71)27-28-57(73)83-36-39(3)81-37-40(4)84-54(70)8-2/h7-12,21-26,39-41,44-47,68H,1-2,13-20,27-34,36-38H2,3-5H3/b61-50-. The van der Waals surface area contributed by atoms with E-state index in [1.807, 2.05) is 6.07 Å². The summed E-state index contributed by atoms with van der Waals surface area (Å²) in [5.74, 6) is -6.92. The van der Waals surface area contributed by atoms with Crippen molar-refractivity contribution >= 4 is 77.1 Å². The Hall–Kier alpha value is -9.33. The van der Waals surface area contributed by atoms with Crippen molar-refractivity contribution in [1.82, 2.24) is 0 Å². The van der Waals surface area contributed by atoms with E-state index in [9.17, 15) is 53.2 Å². The van der Waals surface area contributed by atoms with Crippen LogP contribution in [0, 0.1) is 41.6 Å². The first-order valence-electron chi connectivity index (χ1n) is 29.3. The van der Waals surface area contributed by atoms with Crippen LogP contribution in [-0.4, -0.2) is 111 Å². The molecule has 3 atom stereocenters. The molecule has 0 amide bonds. The highest BCUT2D eigenvalue weighted by Gasteiger charge is 2.37. The van der Waals surface area contributed by atoms with Gasteiger partial charge in [0.25, 0.3) is 5.70 Å². The maximum absolute atomic E-state index is 13.7. The summed E-state index contributed by atoms with van der Waals surface area (Å²) in [4.78, 5) is 128. The number of nitrogens with one attached hydrogen (secondary N) is 1. The molecule has 0 bridgehead atoms. The Morgan fingerprint density at radius 1 is 0.556 bits per heavy atom. The van der Waals surface area contributed by atoms with Gasteiger partial charge in [-0.3, -0.25) is 38.4 Å². The number of thioether (sulfide) groups is 1. The predicted octanol–water partition coefficient (Wildman–Crippen LogP) is 8.91. The normalized spacial score (nSPS) is 18.0. The smallest absolute Gasteiger partial charge is 0.330 e. The number of benzene rings is 3. The fourth-order valence-corrected chi connectivity index (χ4v) is 10.4. The number of carbonyl (C=O) groups is 10. The number of esters is 10. The molecule has 2 aliphatic carbocycles. The Balaban J connectivity index is 0.885. The molecule has 25 heteroatoms. The molecule has 3 aromatic rings. The zero-order valence-corrected chi connectivity index (χ0v) is 51.0. The summed E-state index contributed by atoms with van der Waals surface area (Å²) in [7, 11) is 0. The van der Waals surface area contributed by atoms with Gasteiger partial charge in [-0.25, -0.2) is 19.7 Å². The maximum Gasteiger partial charge on any atom is 0.330 e. The summed E-state index contributed by atoms with van der Waals surface area (Å²) < 4.78 is 59.3. The molecule has 0 radical (unpaired) electrons. The van der Waals surface area contributed by atoms with Crippen molar-refractivity contribution in [3.8, 4) is 29.1 Å². The first kappa shape index (κ1) is 69.8. The summed E-state index contributed by atoms with van der Waals surface area (Å²) in [6.45, 7) is 19.0. The van der Waals surface area contributed by atoms with Crippen molar-refractivity contribution in [2.75, 3.05) is 38.4 Å². The summed E-state index contributed by atoms with van der Waals surface area (Å²) in [6, 6.07) is 18.2. The van der Waals surface area contributed by atoms with Gasteiger partial charge in [0.15, 0.2) is 5.75 Å². The average Bonchev–Trinajstić information content (AvgIpc) is 1.65. The first-order chi connectivity index (χ1) is 43.2. The third-order valence-corrected chi connectivity index (χ3v) is 15.5. The number of ether oxygens (including phenoxy) is 11. The number of rotatable bonds is 31. The zero-order chi connectivity index (χ0) is 65.1. The van der Waals surface area contributed by atoms with Crippen molar-refractivity contribution in [3.63, 3.8) is 0 Å². The number of allylic oxidation sites excluding steroid dienone is 1. The second-order valence-corrected chi connectivity index (χ2v) is 22.3. The van der Waals surface area contributed by atoms with Crippen LogP contribution in [0.3, 0.4) is 0 Å². The molecular weight excluding hydrogens is 1190 g/mol. The molecule has 478 valence electrons. The number of nitrogens with zero attached hydrogens (tertiary/aromatic N) is 2. The minimum Gasteiger partial charge on any atom is -0.465 e. The van der Waals surface area contributed by atoms with Crippen molar-refractivity contribution in [2.24, 2.45) is 23.7 Å². The third-order valence-electron chi connectivity index (χ3n) is 14.4. The lowest BCUT2D eigenvalue weighted by Gasteiger charge is -2.26. The largest absolute Gasteiger partial charge is 0.465 e. The molecule has 2 fully saturated rings. The number of hydrogen-bond acceptors (Lipinski definition) is 24. The van der Waals surface area contributed by atoms with Gasteiger partial charge in [-0.2, -0.15) is 0 Å². The van der Waals surface area contributed by atoms with Gasteiger partial charge >= 0.3 is 59.7 Å². The summed E-state index contributed by atoms with van der Waals surface area (Å²) in [5, 5.41) is 12.9. The van der Waals surface area contributed by atoms with Crippen LogP contribution in [-0.2, 0) is 93.9 Å². The molecule has 1 heterocycles. The first-order valence-corrected chi connectivity index (χ1v) is 30.1. The quantitative estimate of drug-likeness (QED) is 0.0157. The second-order valence-electron chi connectivity index (χ2n) is 21.3. The van der Waals surface area contributed by atoms with Crippen molar-refractivity contribution < 1.29 is 100 Å². The van der Waals surface area contributed by atoms with E-state index in [-0.39, 0.29) is 86.6 Å². The SMILES string of the molecule is [C-]#[N+]/C(C#N)=C1/Nc2c(OC(=O)C3CCC(C(=O)Oc4ccc(CCOC(=O)CCC(=O)OCC(C)OCC(C)OC(=O)C=C)cc4)CC3)ccc(OC(=O)C3CCC(C(=O)Oc4ccc(CCOC(=O)CCC(=O)OC(C)COC(=O)C=C)cc4)CC3)c2S1. The number of fused-ring (bicyclic) bond motifs is 1. The highest BCUT2D eigenvalue weighted by molar-refractivity contribution is 8.03. The molecule has 2 saturated carbocycles. The number of hydrogen-bond donors (Lipinski definition) is 1. The van der Waals surface area contributed by atoms with Gasteiger partial charge in [-0.05, 0) is 120 Å². The molecule has 24 nitrogen and oxygen atoms in total. The monoisotopic (exact) mass is 1260 g/mol. The molecule has 0 saturated heterocycles. The van der Waals surface area contributed by atoms with Crippen molar-refractivity contribution in [2.45, 2.75) is 134 Å². The van der Waals surface area contributed by atoms with E-state index >= 15 is 0 Å². The molecular formula is C65H71N3O21S. The van der Waals surface area contributed by atoms with Gasteiger partial charge in [-0.1, -0.05) is 49.2 Å². The van der Waals surface area contributed by atoms with Crippen molar-refractivity contribution in [1.29, 1.82) is 5.26 Å². The van der Waals surface area contributed by atoms with Gasteiger partial charge in [0.1, 0.15) is 42.7 Å². The van der Waals surface area contributed by atoms with Crippen LogP contribution in [0.25, 0.3) is 4.85 Å². The summed E-state index contributed by atoms with van der Waals surface area (Å²) in [6.07, 6.45) is 3.02. The molecule has 3 aliphatic rings. The molecule has 1 aliphatic heterocycles. The van der Waals surface area contributed by atoms with E-state index in [4.69, 9.17) is 58.7 Å². The third kappa shape index (κ3) is 22.7. The molecule has 0 spiro atoms. The maximum atomic E-state index is 13.7. The van der Waals surface area contributed by atoms with Gasteiger partial charge in [0.05, 0.1) is 104 Å². The second kappa shape index (κ2) is 35.6. The number of carbonyl (C=O) groups excluding carboxylic acids is 10. The Bertz CT molecular complexity index is 3210. The van der Waals surface area contributed by atoms with E-state index < -0.39 is 102 Å². The molecule has 6 rings (SSSR count). The van der Waals surface area contributed by atoms with Crippen LogP contribution >= 0.6 is 11.8 Å². The van der Waals surface area contributed by atoms with Gasteiger partial charge in [0.2, 0.25) is 0 Å². The van der Waals surface area contributed by atoms with E-state index in [0.717, 1.165) is 35.0 Å². The molecule has 1 N–H and O–H groups in total. The number of anilines is 1. The van der Waals surface area contributed by atoms with Crippen molar-refractivity contribution in [3.05, 3.63) is 119 Å². The lowest BCUT2D eigenvalue weighted by molar-refractivity contribution is -0.157. The van der Waals surface area contributed by atoms with Crippen LogP contribution < -0.4 is 24.3 Å². The number of nitriles is 1. The Morgan fingerprint density at radius 3 is 1.44 bits per heavy atom. The van der Waals surface area contributed by atoms with Gasteiger partial charge in [0, 0.05) is 25.0 Å². The van der Waals surface area contributed by atoms with E-state index in [1.165, 1.54) is 12.1 Å². The topological polar surface area (TPSA) is 312 Å². The van der Waals surface area contributed by atoms with Crippen LogP contribution in [0.2, 0.25) is 0 Å². The van der Waals surface area contributed by atoms with Gasteiger partial charge < -0.3 is 57.4 Å². The Kier molecular flexibility index (Phi) is 27.6. The summed E-state index contributed by atoms with van der Waals surface area (Å²) >= 11 is 0.981. The predicted molar refractivity (Wildman–Crippen MR) is 318 cm³/mol. The highest BCUT2D eigenvalue weighted by Crippen LogP contribution is 2.52. The van der Waals surface area contributed by atoms with E-state index in [1.54, 1.807) is 69.3 Å². The highest BCUT2D eigenvalue weighted by atomic mass is 32.2. The molecule has 3 unspecified atom stereocenters. The van der Waals surface area contributed by atoms with Crippen LogP contribution in [0.15, 0.2) is 102 Å². The zero-order valence-electron chi connectivity index (χ0n) is 50.2. The lowest BCUT2D eigenvalue weighted by Crippen LogP contribution is -2.30. The minimum absolute atomic E-state index is 0.0458. The van der Waals surface area contributed by atoms with Gasteiger partial charge in [-0.15, -0.1) is 0 Å². The average molecular weight is 1260 g/mol. The molecule has 90 heavy (non-hydrogen) atoms. The molecule has 0 aromatic heterocycles. The van der Waals surface area contributed by atoms with Crippen LogP contribution in [0.4, 0.5) is 5.69 Å². The summed E-state index contributed by atoms with van der Waals surface area (Å²) in [5.41, 5.74) is 1.57. The Labute approximate surface area is 524 Å². The fraction of sp³-hybridized carbons (Fsp3) is 0.446. The minimum atomic E-state index is -0.701. The van der Waals surface area contributed by atoms with Crippen LogP contribution in [0.1, 0.15) is 109 Å². The Morgan fingerprint density at radius 2 is 0.978 bits per heavy atom. The van der Waals surface area contributed by atoms with E-state index in [2.05, 4.69) is 23.3 Å². The lowest BCUT2D eigenvalue weighted by atomic mass is 9.82.